The summed E-state index contributed by atoms with van der Waals surface area (Å²) in [6.45, 7) is 0.793. The second-order valence-corrected chi connectivity index (χ2v) is 14.2. The number of fused-ring (bicyclic) bond motifs is 12. The highest BCUT2D eigenvalue weighted by Crippen LogP contribution is 2.41. The van der Waals surface area contributed by atoms with Crippen LogP contribution in [0, 0.1) is 0 Å². The van der Waals surface area contributed by atoms with E-state index in [1.54, 1.807) is 0 Å². The van der Waals surface area contributed by atoms with Gasteiger partial charge in [0.15, 0.2) is 0 Å². The van der Waals surface area contributed by atoms with Crippen LogP contribution in [0.5, 0.6) is 0 Å². The van der Waals surface area contributed by atoms with Gasteiger partial charge in [-0.05, 0) is 78.4 Å². The molecule has 0 radical (unpaired) electrons. The van der Waals surface area contributed by atoms with Gasteiger partial charge < -0.3 is 18.1 Å². The maximum absolute atomic E-state index is 6.28. The van der Waals surface area contributed by atoms with Crippen molar-refractivity contribution in [3.05, 3.63) is 181 Å². The summed E-state index contributed by atoms with van der Waals surface area (Å²) in [5.41, 5.74) is 12.6. The lowest BCUT2D eigenvalue weighted by molar-refractivity contribution is 0.669. The van der Waals surface area contributed by atoms with Crippen molar-refractivity contribution in [3.63, 3.8) is 0 Å². The molecule has 248 valence electrons. The normalized spacial score (nSPS) is 12.2. The first-order valence-corrected chi connectivity index (χ1v) is 18.2. The molecule has 0 unspecified atom stereocenters. The zero-order chi connectivity index (χ0) is 34.6. The van der Waals surface area contributed by atoms with Gasteiger partial charge in [0.25, 0.3) is 0 Å². The maximum Gasteiger partial charge on any atom is 0.135 e. The van der Waals surface area contributed by atoms with Crippen LogP contribution < -0.4 is 0 Å². The summed E-state index contributed by atoms with van der Waals surface area (Å²) >= 11 is 0. The molecule has 4 aromatic heterocycles. The molecule has 0 amide bonds. The molecule has 0 aliphatic rings. The Balaban J connectivity index is 1.20. The monoisotopic (exact) mass is 677 g/mol. The van der Waals surface area contributed by atoms with Crippen LogP contribution in [0.15, 0.2) is 180 Å². The van der Waals surface area contributed by atoms with Crippen LogP contribution in [0.25, 0.3) is 98.7 Å². The fourth-order valence-electron chi connectivity index (χ4n) is 8.96. The lowest BCUT2D eigenvalue weighted by atomic mass is 10.1. The van der Waals surface area contributed by atoms with Crippen molar-refractivity contribution in [3.8, 4) is 11.4 Å². The molecule has 0 saturated heterocycles. The van der Waals surface area contributed by atoms with Crippen molar-refractivity contribution in [1.29, 1.82) is 0 Å². The van der Waals surface area contributed by atoms with E-state index in [1.165, 1.54) is 71.0 Å². The molecule has 0 aliphatic carbocycles. The summed E-state index contributed by atoms with van der Waals surface area (Å²) in [7, 11) is 0. The summed E-state index contributed by atoms with van der Waals surface area (Å²) in [5.74, 6) is 0. The third kappa shape index (κ3) is 4.06. The van der Waals surface area contributed by atoms with Gasteiger partial charge in [-0.3, -0.25) is 0 Å². The zero-order valence-electron chi connectivity index (χ0n) is 28.7. The van der Waals surface area contributed by atoms with E-state index < -0.39 is 0 Å². The molecule has 0 bridgehead atoms. The molecule has 0 saturated carbocycles. The van der Waals surface area contributed by atoms with Crippen LogP contribution >= 0.6 is 0 Å². The Labute approximate surface area is 303 Å². The predicted molar refractivity (Wildman–Crippen MR) is 221 cm³/mol. The van der Waals surface area contributed by atoms with Crippen molar-refractivity contribution < 1.29 is 4.42 Å². The highest BCUT2D eigenvalue weighted by molar-refractivity contribution is 6.19. The maximum atomic E-state index is 6.28. The molecule has 4 heterocycles. The van der Waals surface area contributed by atoms with E-state index in [1.807, 2.05) is 12.1 Å². The van der Waals surface area contributed by atoms with Gasteiger partial charge in [0.05, 0.1) is 27.6 Å². The molecule has 12 aromatic rings. The Kier molecular flexibility index (Phi) is 5.80. The van der Waals surface area contributed by atoms with Crippen LogP contribution in [0.3, 0.4) is 0 Å². The molecule has 4 heteroatoms. The van der Waals surface area contributed by atoms with E-state index in [9.17, 15) is 0 Å². The Bertz CT molecular complexity index is 3370. The van der Waals surface area contributed by atoms with Crippen molar-refractivity contribution in [2.45, 2.75) is 6.54 Å². The van der Waals surface area contributed by atoms with Crippen LogP contribution in [0.2, 0.25) is 0 Å². The largest absolute Gasteiger partial charge is 0.456 e. The van der Waals surface area contributed by atoms with E-state index >= 15 is 0 Å². The number of rotatable bonds is 4. The first-order valence-electron chi connectivity index (χ1n) is 18.2. The van der Waals surface area contributed by atoms with Crippen LogP contribution in [0.4, 0.5) is 0 Å². The van der Waals surface area contributed by atoms with E-state index in [0.717, 1.165) is 39.9 Å². The number of furan rings is 1. The smallest absolute Gasteiger partial charge is 0.135 e. The standard InChI is InChI=1S/C49H31N3O/c1-2-12-31(13-3-1)30-50-42-18-8-4-16-36(42)39-28-40-38-26-32(51-43-19-9-5-14-34(43)35-15-6-10-20-44(35)51)22-24-45(38)52(47(40)29-46(39)50)33-23-25-49-41(27-33)37-17-7-11-21-48(37)53-49/h1-29H,30H2. The average Bonchev–Trinajstić information content (AvgIpc) is 3.94. The number of aromatic nitrogens is 3. The van der Waals surface area contributed by atoms with Gasteiger partial charge in [0.1, 0.15) is 11.2 Å². The molecule has 0 spiro atoms. The van der Waals surface area contributed by atoms with Gasteiger partial charge in [-0.15, -0.1) is 0 Å². The van der Waals surface area contributed by atoms with Crippen LogP contribution in [-0.2, 0) is 6.54 Å². The van der Waals surface area contributed by atoms with Gasteiger partial charge in [0, 0.05) is 66.5 Å². The summed E-state index contributed by atoms with van der Waals surface area (Å²) in [6, 6.07) is 63.9. The fourth-order valence-corrected chi connectivity index (χ4v) is 8.96. The fraction of sp³-hybridized carbons (Fsp3) is 0.0204. The van der Waals surface area contributed by atoms with E-state index in [-0.39, 0.29) is 0 Å². The number of hydrogen-bond donors (Lipinski definition) is 0. The number of benzene rings is 8. The highest BCUT2D eigenvalue weighted by Gasteiger charge is 2.20. The van der Waals surface area contributed by atoms with Gasteiger partial charge in [-0.2, -0.15) is 0 Å². The molecule has 12 rings (SSSR count). The zero-order valence-corrected chi connectivity index (χ0v) is 28.7. The molecule has 4 nitrogen and oxygen atoms in total. The van der Waals surface area contributed by atoms with E-state index in [2.05, 4.69) is 177 Å². The first-order chi connectivity index (χ1) is 26.3. The molecule has 0 aliphatic heterocycles. The van der Waals surface area contributed by atoms with Crippen molar-refractivity contribution in [2.75, 3.05) is 0 Å². The molecule has 0 N–H and O–H groups in total. The molecule has 8 aromatic carbocycles. The quantitative estimate of drug-likeness (QED) is 0.182. The van der Waals surface area contributed by atoms with E-state index in [4.69, 9.17) is 4.42 Å². The van der Waals surface area contributed by atoms with Crippen LogP contribution in [-0.4, -0.2) is 13.7 Å². The van der Waals surface area contributed by atoms with Crippen molar-refractivity contribution in [1.82, 2.24) is 13.7 Å². The predicted octanol–water partition coefficient (Wildman–Crippen LogP) is 12.9. The summed E-state index contributed by atoms with van der Waals surface area (Å²) in [4.78, 5) is 0. The topological polar surface area (TPSA) is 27.9 Å². The number of nitrogens with zero attached hydrogens (tertiary/aromatic N) is 3. The Morgan fingerprint density at radius 2 is 0.830 bits per heavy atom. The van der Waals surface area contributed by atoms with Crippen molar-refractivity contribution in [2.24, 2.45) is 0 Å². The molecular formula is C49H31N3O. The first kappa shape index (κ1) is 28.6. The lowest BCUT2D eigenvalue weighted by Gasteiger charge is -2.11. The Morgan fingerprint density at radius 1 is 0.321 bits per heavy atom. The third-order valence-corrected chi connectivity index (χ3v) is 11.3. The second kappa shape index (κ2) is 10.7. The lowest BCUT2D eigenvalue weighted by Crippen LogP contribution is -1.99. The number of hydrogen-bond acceptors (Lipinski definition) is 1. The van der Waals surface area contributed by atoms with Gasteiger partial charge in [-0.25, -0.2) is 0 Å². The minimum Gasteiger partial charge on any atom is -0.456 e. The SMILES string of the molecule is c1ccc(Cn2c3ccccc3c3cc4c5cc(-n6c7ccccc7c7ccccc76)ccc5n(-c5ccc6oc7ccccc7c6c5)c4cc32)cc1. The third-order valence-electron chi connectivity index (χ3n) is 11.3. The Morgan fingerprint density at radius 3 is 1.58 bits per heavy atom. The highest BCUT2D eigenvalue weighted by atomic mass is 16.3. The second-order valence-electron chi connectivity index (χ2n) is 14.2. The minimum absolute atomic E-state index is 0.793. The van der Waals surface area contributed by atoms with Crippen molar-refractivity contribution >= 4 is 87.4 Å². The van der Waals surface area contributed by atoms with Gasteiger partial charge in [-0.1, -0.05) is 103 Å². The molecule has 0 atom stereocenters. The number of para-hydroxylation sites is 4. The molecule has 0 fully saturated rings. The molecule has 53 heavy (non-hydrogen) atoms. The summed E-state index contributed by atoms with van der Waals surface area (Å²) < 4.78 is 13.6. The van der Waals surface area contributed by atoms with Gasteiger partial charge >= 0.3 is 0 Å². The average molecular weight is 678 g/mol. The van der Waals surface area contributed by atoms with E-state index in [0.29, 0.717) is 0 Å². The van der Waals surface area contributed by atoms with Crippen LogP contribution in [0.1, 0.15) is 5.56 Å². The van der Waals surface area contributed by atoms with Gasteiger partial charge in [0.2, 0.25) is 0 Å². The molecular weight excluding hydrogens is 647 g/mol. The minimum atomic E-state index is 0.793. The summed E-state index contributed by atoms with van der Waals surface area (Å²) in [5, 5.41) is 9.76. The Hall–Kier alpha value is -7.04. The summed E-state index contributed by atoms with van der Waals surface area (Å²) in [6.07, 6.45) is 0.